The second kappa shape index (κ2) is 5.54. The summed E-state index contributed by atoms with van der Waals surface area (Å²) in [5, 5.41) is 0. The topological polar surface area (TPSA) is 29.5 Å². The van der Waals surface area contributed by atoms with Crippen LogP contribution in [-0.4, -0.2) is 26.2 Å². The van der Waals surface area contributed by atoms with Gasteiger partial charge in [-0.3, -0.25) is 4.79 Å². The minimum atomic E-state index is -0.104. The summed E-state index contributed by atoms with van der Waals surface area (Å²) in [6.45, 7) is 1.91. The van der Waals surface area contributed by atoms with Gasteiger partial charge in [-0.05, 0) is 12.1 Å². The Morgan fingerprint density at radius 2 is 2.00 bits per heavy atom. The standard InChI is InChI=1S/C12H15NO2.CH4/c1-15-12(14)7-10-8-13(9-10)11-5-3-2-4-6-11;/h2-6,10H,7-9H2,1H3;1H4. The second-order valence-electron chi connectivity index (χ2n) is 3.89. The lowest BCUT2D eigenvalue weighted by molar-refractivity contribution is -0.141. The molecule has 2 rings (SSSR count). The molecule has 0 amide bonds. The van der Waals surface area contributed by atoms with E-state index in [9.17, 15) is 4.79 Å². The molecule has 0 atom stereocenters. The number of nitrogens with zero attached hydrogens (tertiary/aromatic N) is 1. The average molecular weight is 221 g/mol. The molecule has 1 aliphatic rings. The molecule has 0 spiro atoms. The molecule has 0 aliphatic carbocycles. The van der Waals surface area contributed by atoms with Crippen molar-refractivity contribution in [3.05, 3.63) is 30.3 Å². The summed E-state index contributed by atoms with van der Waals surface area (Å²) in [6.07, 6.45) is 0.542. The van der Waals surface area contributed by atoms with Crippen LogP contribution in [0.15, 0.2) is 30.3 Å². The normalized spacial score (nSPS) is 14.9. The Morgan fingerprint density at radius 1 is 1.38 bits per heavy atom. The highest BCUT2D eigenvalue weighted by molar-refractivity contribution is 5.70. The highest BCUT2D eigenvalue weighted by Crippen LogP contribution is 2.26. The first-order valence-electron chi connectivity index (χ1n) is 5.16. The zero-order valence-electron chi connectivity index (χ0n) is 8.85. The molecule has 3 nitrogen and oxygen atoms in total. The van der Waals surface area contributed by atoms with E-state index in [1.807, 2.05) is 18.2 Å². The summed E-state index contributed by atoms with van der Waals surface area (Å²) in [6, 6.07) is 10.3. The summed E-state index contributed by atoms with van der Waals surface area (Å²) < 4.78 is 4.64. The fourth-order valence-corrected chi connectivity index (χ4v) is 1.87. The Labute approximate surface area is 97.0 Å². The molecular weight excluding hydrogens is 202 g/mol. The highest BCUT2D eigenvalue weighted by Gasteiger charge is 2.28. The number of para-hydroxylation sites is 1. The first kappa shape index (κ1) is 12.6. The molecule has 3 heteroatoms. The predicted molar refractivity (Wildman–Crippen MR) is 65.5 cm³/mol. The molecule has 1 heterocycles. The minimum absolute atomic E-state index is 0. The van der Waals surface area contributed by atoms with Crippen LogP contribution in [0.1, 0.15) is 13.8 Å². The molecule has 0 bridgehead atoms. The number of esters is 1. The van der Waals surface area contributed by atoms with Gasteiger partial charge in [-0.25, -0.2) is 0 Å². The number of methoxy groups -OCH3 is 1. The zero-order valence-corrected chi connectivity index (χ0v) is 8.85. The van der Waals surface area contributed by atoms with E-state index in [2.05, 4.69) is 21.8 Å². The lowest BCUT2D eigenvalue weighted by Gasteiger charge is -2.40. The number of carbonyl (C=O) groups is 1. The number of carbonyl (C=O) groups excluding carboxylic acids is 1. The first-order valence-corrected chi connectivity index (χ1v) is 5.16. The Morgan fingerprint density at radius 3 is 2.56 bits per heavy atom. The SMILES string of the molecule is C.COC(=O)CC1CN(c2ccccc2)C1. The number of anilines is 1. The van der Waals surface area contributed by atoms with Crippen molar-refractivity contribution in [2.75, 3.05) is 25.1 Å². The van der Waals surface area contributed by atoms with Gasteiger partial charge < -0.3 is 9.64 Å². The maximum Gasteiger partial charge on any atom is 0.305 e. The number of hydrogen-bond donors (Lipinski definition) is 0. The van der Waals surface area contributed by atoms with Gasteiger partial charge in [0.25, 0.3) is 0 Å². The summed E-state index contributed by atoms with van der Waals surface area (Å²) in [7, 11) is 1.44. The lowest BCUT2D eigenvalue weighted by atomic mass is 9.96. The van der Waals surface area contributed by atoms with Gasteiger partial charge in [0.15, 0.2) is 0 Å². The van der Waals surface area contributed by atoms with E-state index in [1.165, 1.54) is 12.8 Å². The van der Waals surface area contributed by atoms with E-state index in [4.69, 9.17) is 0 Å². The molecule has 1 aromatic rings. The first-order chi connectivity index (χ1) is 7.29. The summed E-state index contributed by atoms with van der Waals surface area (Å²) in [4.78, 5) is 13.3. The molecule has 1 saturated heterocycles. The lowest BCUT2D eigenvalue weighted by Crippen LogP contribution is -2.47. The largest absolute Gasteiger partial charge is 0.469 e. The minimum Gasteiger partial charge on any atom is -0.469 e. The monoisotopic (exact) mass is 221 g/mol. The predicted octanol–water partition coefficient (Wildman–Crippen LogP) is 2.32. The molecule has 1 aliphatic heterocycles. The van der Waals surface area contributed by atoms with Crippen LogP contribution in [0.2, 0.25) is 0 Å². The fourth-order valence-electron chi connectivity index (χ4n) is 1.87. The maximum atomic E-state index is 11.0. The van der Waals surface area contributed by atoms with Crippen molar-refractivity contribution in [2.24, 2.45) is 5.92 Å². The van der Waals surface area contributed by atoms with E-state index < -0.39 is 0 Å². The van der Waals surface area contributed by atoms with E-state index in [0.717, 1.165) is 13.1 Å². The van der Waals surface area contributed by atoms with Crippen LogP contribution >= 0.6 is 0 Å². The molecule has 0 N–H and O–H groups in total. The van der Waals surface area contributed by atoms with Crippen molar-refractivity contribution < 1.29 is 9.53 Å². The Balaban J connectivity index is 0.00000128. The van der Waals surface area contributed by atoms with Crippen LogP contribution in [0.4, 0.5) is 5.69 Å². The van der Waals surface area contributed by atoms with Crippen LogP contribution in [0, 0.1) is 5.92 Å². The third-order valence-electron chi connectivity index (χ3n) is 2.76. The maximum absolute atomic E-state index is 11.0. The summed E-state index contributed by atoms with van der Waals surface area (Å²) >= 11 is 0. The van der Waals surface area contributed by atoms with Crippen molar-refractivity contribution in [1.29, 1.82) is 0 Å². The average Bonchev–Trinajstić information content (AvgIpc) is 2.23. The van der Waals surface area contributed by atoms with E-state index in [0.29, 0.717) is 12.3 Å². The molecule has 0 saturated carbocycles. The Kier molecular flexibility index (Phi) is 4.35. The van der Waals surface area contributed by atoms with Crippen LogP contribution in [0.5, 0.6) is 0 Å². The molecule has 88 valence electrons. The quantitative estimate of drug-likeness (QED) is 0.734. The molecular formula is C13H19NO2. The van der Waals surface area contributed by atoms with Crippen molar-refractivity contribution in [2.45, 2.75) is 13.8 Å². The van der Waals surface area contributed by atoms with Gasteiger partial charge in [-0.2, -0.15) is 0 Å². The fraction of sp³-hybridized carbons (Fsp3) is 0.462. The molecule has 0 aromatic heterocycles. The smallest absolute Gasteiger partial charge is 0.305 e. The van der Waals surface area contributed by atoms with Crippen molar-refractivity contribution in [3.63, 3.8) is 0 Å². The third kappa shape index (κ3) is 2.75. The van der Waals surface area contributed by atoms with Crippen molar-refractivity contribution >= 4 is 11.7 Å². The van der Waals surface area contributed by atoms with E-state index in [1.54, 1.807) is 0 Å². The van der Waals surface area contributed by atoms with Crippen molar-refractivity contribution in [1.82, 2.24) is 0 Å². The zero-order chi connectivity index (χ0) is 10.7. The third-order valence-corrected chi connectivity index (χ3v) is 2.76. The number of benzene rings is 1. The number of hydrogen-bond acceptors (Lipinski definition) is 3. The van der Waals surface area contributed by atoms with Gasteiger partial charge in [0, 0.05) is 24.7 Å². The molecule has 0 unspecified atom stereocenters. The van der Waals surface area contributed by atoms with E-state index >= 15 is 0 Å². The summed E-state index contributed by atoms with van der Waals surface area (Å²) in [5.41, 5.74) is 1.23. The van der Waals surface area contributed by atoms with Crippen LogP contribution in [0.3, 0.4) is 0 Å². The summed E-state index contributed by atoms with van der Waals surface area (Å²) in [5.74, 6) is 0.352. The van der Waals surface area contributed by atoms with E-state index in [-0.39, 0.29) is 13.4 Å². The molecule has 1 aromatic carbocycles. The molecule has 0 radical (unpaired) electrons. The number of ether oxygens (including phenoxy) is 1. The van der Waals surface area contributed by atoms with Gasteiger partial charge in [-0.1, -0.05) is 25.6 Å². The van der Waals surface area contributed by atoms with Crippen LogP contribution in [-0.2, 0) is 9.53 Å². The molecule has 16 heavy (non-hydrogen) atoms. The van der Waals surface area contributed by atoms with Gasteiger partial charge in [0.1, 0.15) is 0 Å². The van der Waals surface area contributed by atoms with Gasteiger partial charge in [0.2, 0.25) is 0 Å². The highest BCUT2D eigenvalue weighted by atomic mass is 16.5. The Hall–Kier alpha value is -1.51. The number of rotatable bonds is 3. The Bertz CT molecular complexity index is 331. The van der Waals surface area contributed by atoms with Crippen LogP contribution in [0.25, 0.3) is 0 Å². The van der Waals surface area contributed by atoms with Crippen molar-refractivity contribution in [3.8, 4) is 0 Å². The van der Waals surface area contributed by atoms with Gasteiger partial charge >= 0.3 is 5.97 Å². The second-order valence-corrected chi connectivity index (χ2v) is 3.89. The van der Waals surface area contributed by atoms with Crippen LogP contribution < -0.4 is 4.90 Å². The van der Waals surface area contributed by atoms with Gasteiger partial charge in [0.05, 0.1) is 13.5 Å². The van der Waals surface area contributed by atoms with Gasteiger partial charge in [-0.15, -0.1) is 0 Å². The molecule has 1 fully saturated rings.